The van der Waals surface area contributed by atoms with Gasteiger partial charge in [0.15, 0.2) is 0 Å². The normalized spacial score (nSPS) is 22.1. The maximum absolute atomic E-state index is 10.9. The summed E-state index contributed by atoms with van der Waals surface area (Å²) in [6, 6.07) is 0. The molecule has 1 rings (SSSR count). The lowest BCUT2D eigenvalue weighted by atomic mass is 10.0. The van der Waals surface area contributed by atoms with E-state index in [9.17, 15) is 9.59 Å². The number of unbranched alkanes of at least 4 members (excludes halogenated alkanes) is 1. The summed E-state index contributed by atoms with van der Waals surface area (Å²) in [5, 5.41) is 0. The minimum Gasteiger partial charge on any atom is -0.393 e. The average molecular weight is 166 g/mol. The second-order valence-electron chi connectivity index (χ2n) is 2.79. The van der Waals surface area contributed by atoms with E-state index < -0.39 is 11.9 Å². The highest BCUT2D eigenvalue weighted by Gasteiger charge is 2.32. The Bertz CT molecular complexity index is 237. The van der Waals surface area contributed by atoms with Crippen molar-refractivity contribution in [1.82, 2.24) is 0 Å². The summed E-state index contributed by atoms with van der Waals surface area (Å²) in [6.45, 7) is 0. The predicted octanol–water partition coefficient (Wildman–Crippen LogP) is 0.880. The first-order chi connectivity index (χ1) is 5.74. The van der Waals surface area contributed by atoms with Gasteiger partial charge >= 0.3 is 11.9 Å². The maximum Gasteiger partial charge on any atom is 0.317 e. The van der Waals surface area contributed by atoms with Crippen LogP contribution in [0.5, 0.6) is 0 Å². The molecule has 1 aliphatic heterocycles. The van der Waals surface area contributed by atoms with E-state index in [-0.39, 0.29) is 12.3 Å². The van der Waals surface area contributed by atoms with E-state index in [1.807, 2.05) is 0 Å². The molecule has 0 bridgehead atoms. The Labute approximate surface area is 71.1 Å². The lowest BCUT2D eigenvalue weighted by Gasteiger charge is -2.00. The molecule has 0 aliphatic carbocycles. The quantitative estimate of drug-likeness (QED) is 0.270. The Morgan fingerprint density at radius 2 is 2.33 bits per heavy atom. The van der Waals surface area contributed by atoms with Crippen LogP contribution in [-0.4, -0.2) is 11.9 Å². The van der Waals surface area contributed by atoms with Crippen LogP contribution in [0.25, 0.3) is 0 Å². The van der Waals surface area contributed by atoms with Gasteiger partial charge in [-0.15, -0.1) is 12.3 Å². The number of esters is 2. The SMILES string of the molecule is C#CCCCC1CC(=O)OC1=O. The van der Waals surface area contributed by atoms with Crippen LogP contribution in [0, 0.1) is 18.3 Å². The molecule has 0 aromatic rings. The van der Waals surface area contributed by atoms with Gasteiger partial charge in [0.1, 0.15) is 0 Å². The molecule has 0 N–H and O–H groups in total. The first-order valence-corrected chi connectivity index (χ1v) is 3.92. The summed E-state index contributed by atoms with van der Waals surface area (Å²) in [6.07, 6.45) is 7.36. The molecule has 3 heteroatoms. The zero-order valence-electron chi connectivity index (χ0n) is 6.71. The van der Waals surface area contributed by atoms with Crippen LogP contribution in [0.1, 0.15) is 25.7 Å². The highest BCUT2D eigenvalue weighted by molar-refractivity contribution is 5.94. The maximum atomic E-state index is 10.9. The van der Waals surface area contributed by atoms with Gasteiger partial charge in [0.2, 0.25) is 0 Å². The van der Waals surface area contributed by atoms with Crippen LogP contribution in [0.2, 0.25) is 0 Å². The highest BCUT2D eigenvalue weighted by Crippen LogP contribution is 2.21. The fourth-order valence-electron chi connectivity index (χ4n) is 1.19. The minimum absolute atomic E-state index is 0.226. The van der Waals surface area contributed by atoms with Crippen molar-refractivity contribution in [3.63, 3.8) is 0 Å². The van der Waals surface area contributed by atoms with Gasteiger partial charge in [-0.1, -0.05) is 0 Å². The van der Waals surface area contributed by atoms with Crippen molar-refractivity contribution in [2.75, 3.05) is 0 Å². The first-order valence-electron chi connectivity index (χ1n) is 3.92. The molecule has 12 heavy (non-hydrogen) atoms. The molecule has 0 saturated carbocycles. The Morgan fingerprint density at radius 1 is 1.58 bits per heavy atom. The zero-order chi connectivity index (χ0) is 8.97. The van der Waals surface area contributed by atoms with Gasteiger partial charge in [0, 0.05) is 6.42 Å². The number of rotatable bonds is 3. The molecule has 0 aromatic carbocycles. The van der Waals surface area contributed by atoms with Gasteiger partial charge in [-0.25, -0.2) is 0 Å². The van der Waals surface area contributed by atoms with Gasteiger partial charge in [-0.05, 0) is 12.8 Å². The van der Waals surface area contributed by atoms with Crippen molar-refractivity contribution >= 4 is 11.9 Å². The molecule has 0 amide bonds. The van der Waals surface area contributed by atoms with E-state index >= 15 is 0 Å². The Balaban J connectivity index is 2.29. The van der Waals surface area contributed by atoms with Crippen molar-refractivity contribution in [3.8, 4) is 12.3 Å². The van der Waals surface area contributed by atoms with Crippen LogP contribution < -0.4 is 0 Å². The fraction of sp³-hybridized carbons (Fsp3) is 0.556. The summed E-state index contributed by atoms with van der Waals surface area (Å²) in [7, 11) is 0. The van der Waals surface area contributed by atoms with Crippen LogP contribution in [0.4, 0.5) is 0 Å². The highest BCUT2D eigenvalue weighted by atomic mass is 16.6. The third-order valence-corrected chi connectivity index (χ3v) is 1.83. The molecular formula is C9H10O3. The van der Waals surface area contributed by atoms with E-state index in [1.165, 1.54) is 0 Å². The number of ether oxygens (including phenoxy) is 1. The van der Waals surface area contributed by atoms with Crippen LogP contribution >= 0.6 is 0 Å². The Morgan fingerprint density at radius 3 is 2.83 bits per heavy atom. The number of carbonyl (C=O) groups is 2. The summed E-state index contributed by atoms with van der Waals surface area (Å²) in [5.41, 5.74) is 0. The Hall–Kier alpha value is -1.30. The molecule has 1 saturated heterocycles. The summed E-state index contributed by atoms with van der Waals surface area (Å²) in [5.74, 6) is 1.43. The molecule has 0 aromatic heterocycles. The number of hydrogen-bond acceptors (Lipinski definition) is 3. The second kappa shape index (κ2) is 3.91. The minimum atomic E-state index is -0.411. The van der Waals surface area contributed by atoms with Crippen LogP contribution in [0.3, 0.4) is 0 Å². The summed E-state index contributed by atoms with van der Waals surface area (Å²) in [4.78, 5) is 21.5. The van der Waals surface area contributed by atoms with Gasteiger partial charge in [-0.2, -0.15) is 0 Å². The molecule has 64 valence electrons. The average Bonchev–Trinajstić information content (AvgIpc) is 2.31. The summed E-state index contributed by atoms with van der Waals surface area (Å²) >= 11 is 0. The number of terminal acetylenes is 1. The van der Waals surface area contributed by atoms with E-state index in [4.69, 9.17) is 6.42 Å². The van der Waals surface area contributed by atoms with E-state index in [0.29, 0.717) is 12.8 Å². The standard InChI is InChI=1S/C9H10O3/c1-2-3-4-5-7-6-8(10)12-9(7)11/h1,7H,3-6H2. The van der Waals surface area contributed by atoms with Crippen molar-refractivity contribution in [1.29, 1.82) is 0 Å². The van der Waals surface area contributed by atoms with Crippen LogP contribution in [0.15, 0.2) is 0 Å². The largest absolute Gasteiger partial charge is 0.393 e. The molecule has 1 heterocycles. The van der Waals surface area contributed by atoms with E-state index in [1.54, 1.807) is 0 Å². The van der Waals surface area contributed by atoms with Gasteiger partial charge < -0.3 is 4.74 Å². The van der Waals surface area contributed by atoms with Crippen molar-refractivity contribution in [2.24, 2.45) is 5.92 Å². The molecule has 3 nitrogen and oxygen atoms in total. The lowest BCUT2D eigenvalue weighted by molar-refractivity contribution is -0.153. The molecule has 1 atom stereocenters. The molecule has 0 radical (unpaired) electrons. The molecule has 1 aliphatic rings. The molecular weight excluding hydrogens is 156 g/mol. The van der Waals surface area contributed by atoms with Crippen molar-refractivity contribution < 1.29 is 14.3 Å². The second-order valence-corrected chi connectivity index (χ2v) is 2.79. The zero-order valence-corrected chi connectivity index (χ0v) is 6.71. The molecule has 1 unspecified atom stereocenters. The fourth-order valence-corrected chi connectivity index (χ4v) is 1.19. The third-order valence-electron chi connectivity index (χ3n) is 1.83. The topological polar surface area (TPSA) is 43.4 Å². The Kier molecular flexibility index (Phi) is 2.87. The molecule has 1 fully saturated rings. The number of hydrogen-bond donors (Lipinski definition) is 0. The number of cyclic esters (lactones) is 2. The van der Waals surface area contributed by atoms with E-state index in [2.05, 4.69) is 10.7 Å². The number of carbonyl (C=O) groups excluding carboxylic acids is 2. The van der Waals surface area contributed by atoms with Gasteiger partial charge in [0.25, 0.3) is 0 Å². The van der Waals surface area contributed by atoms with Crippen molar-refractivity contribution in [2.45, 2.75) is 25.7 Å². The van der Waals surface area contributed by atoms with Gasteiger partial charge in [0.05, 0.1) is 12.3 Å². The van der Waals surface area contributed by atoms with E-state index in [0.717, 1.165) is 6.42 Å². The lowest BCUT2D eigenvalue weighted by Crippen LogP contribution is -2.06. The third kappa shape index (κ3) is 2.09. The smallest absolute Gasteiger partial charge is 0.317 e. The monoisotopic (exact) mass is 166 g/mol. The summed E-state index contributed by atoms with van der Waals surface area (Å²) < 4.78 is 4.38. The van der Waals surface area contributed by atoms with Gasteiger partial charge in [-0.3, -0.25) is 9.59 Å². The molecule has 0 spiro atoms. The predicted molar refractivity (Wildman–Crippen MR) is 41.9 cm³/mol. The first kappa shape index (κ1) is 8.79. The van der Waals surface area contributed by atoms with Crippen LogP contribution in [-0.2, 0) is 14.3 Å². The van der Waals surface area contributed by atoms with Crippen molar-refractivity contribution in [3.05, 3.63) is 0 Å².